The van der Waals surface area contributed by atoms with E-state index in [4.69, 9.17) is 9.47 Å². The van der Waals surface area contributed by atoms with Gasteiger partial charge in [-0.1, -0.05) is 0 Å². The quantitative estimate of drug-likeness (QED) is 0.883. The molecule has 0 saturated carbocycles. The minimum Gasteiger partial charge on any atom is -0.496 e. The molecule has 1 amide bonds. The number of benzene rings is 2. The van der Waals surface area contributed by atoms with E-state index < -0.39 is 10.0 Å². The van der Waals surface area contributed by atoms with Crippen LogP contribution in [-0.2, 0) is 14.8 Å². The van der Waals surface area contributed by atoms with Crippen molar-refractivity contribution in [2.24, 2.45) is 0 Å². The minimum absolute atomic E-state index is 0.0524. The van der Waals surface area contributed by atoms with Crippen molar-refractivity contribution in [3.63, 3.8) is 0 Å². The lowest BCUT2D eigenvalue weighted by Crippen LogP contribution is -2.25. The zero-order valence-corrected chi connectivity index (χ0v) is 13.9. The Bertz CT molecular complexity index is 909. The van der Waals surface area contributed by atoms with Crippen LogP contribution < -0.4 is 19.5 Å². The Balaban J connectivity index is 1.88. The van der Waals surface area contributed by atoms with Crippen molar-refractivity contribution in [1.29, 1.82) is 0 Å². The molecule has 0 saturated heterocycles. The van der Waals surface area contributed by atoms with Gasteiger partial charge in [-0.3, -0.25) is 9.52 Å². The molecule has 126 valence electrons. The molecule has 7 nitrogen and oxygen atoms in total. The maximum atomic E-state index is 12.5. The predicted molar refractivity (Wildman–Crippen MR) is 89.1 cm³/mol. The highest BCUT2D eigenvalue weighted by Gasteiger charge is 2.19. The second-order valence-corrected chi connectivity index (χ2v) is 6.97. The predicted octanol–water partition coefficient (Wildman–Crippen LogP) is 2.14. The fourth-order valence-corrected chi connectivity index (χ4v) is 3.51. The highest BCUT2D eigenvalue weighted by atomic mass is 32.2. The van der Waals surface area contributed by atoms with E-state index in [-0.39, 0.29) is 17.4 Å². The first-order valence-corrected chi connectivity index (χ1v) is 8.61. The molecule has 1 aliphatic heterocycles. The third kappa shape index (κ3) is 3.13. The molecule has 0 bridgehead atoms. The van der Waals surface area contributed by atoms with Crippen molar-refractivity contribution in [3.8, 4) is 11.5 Å². The average Bonchev–Trinajstić information content (AvgIpc) is 2.54. The minimum atomic E-state index is -3.76. The number of nitrogens with one attached hydrogen (secondary N) is 2. The Labute approximate surface area is 139 Å². The summed E-state index contributed by atoms with van der Waals surface area (Å²) in [6.07, 6.45) is 0. The van der Waals surface area contributed by atoms with Gasteiger partial charge in [-0.15, -0.1) is 0 Å². The number of carbonyl (C=O) groups excluding carboxylic acids is 1. The second-order valence-electron chi connectivity index (χ2n) is 5.28. The second kappa shape index (κ2) is 6.04. The summed E-state index contributed by atoms with van der Waals surface area (Å²) >= 11 is 0. The zero-order valence-electron chi connectivity index (χ0n) is 13.1. The maximum Gasteiger partial charge on any atom is 0.262 e. The van der Waals surface area contributed by atoms with E-state index >= 15 is 0 Å². The van der Waals surface area contributed by atoms with Crippen molar-refractivity contribution in [2.75, 3.05) is 23.8 Å². The molecule has 1 aliphatic rings. The molecule has 24 heavy (non-hydrogen) atoms. The summed E-state index contributed by atoms with van der Waals surface area (Å²) in [5.41, 5.74) is 1.47. The van der Waals surface area contributed by atoms with E-state index in [1.807, 2.05) is 0 Å². The van der Waals surface area contributed by atoms with Gasteiger partial charge in [-0.05, 0) is 48.9 Å². The highest BCUT2D eigenvalue weighted by molar-refractivity contribution is 7.92. The van der Waals surface area contributed by atoms with Crippen LogP contribution in [0.4, 0.5) is 11.4 Å². The standard InChI is InChI=1S/C16H16N2O5S/c1-10-7-12(4-6-14(10)22-2)24(20,21)18-11-3-5-15-13(8-11)17-16(19)9-23-15/h3-8,18H,9H2,1-2H3,(H,17,19). The summed E-state index contributed by atoms with van der Waals surface area (Å²) in [5, 5.41) is 2.63. The molecule has 0 unspecified atom stereocenters. The van der Waals surface area contributed by atoms with Crippen LogP contribution >= 0.6 is 0 Å². The Morgan fingerprint density at radius 2 is 2.00 bits per heavy atom. The first-order valence-electron chi connectivity index (χ1n) is 7.13. The molecule has 0 spiro atoms. The molecule has 0 aromatic heterocycles. The van der Waals surface area contributed by atoms with Crippen molar-refractivity contribution in [2.45, 2.75) is 11.8 Å². The summed E-state index contributed by atoms with van der Waals surface area (Å²) in [6, 6.07) is 9.29. The number of hydrogen-bond donors (Lipinski definition) is 2. The first kappa shape index (κ1) is 16.1. The Morgan fingerprint density at radius 1 is 1.21 bits per heavy atom. The highest BCUT2D eigenvalue weighted by Crippen LogP contribution is 2.31. The lowest BCUT2D eigenvalue weighted by Gasteiger charge is -2.19. The Kier molecular flexibility index (Phi) is 4.06. The van der Waals surface area contributed by atoms with Crippen LogP contribution in [0.25, 0.3) is 0 Å². The van der Waals surface area contributed by atoms with Crippen LogP contribution in [0.5, 0.6) is 11.5 Å². The monoisotopic (exact) mass is 348 g/mol. The number of carbonyl (C=O) groups is 1. The third-order valence-corrected chi connectivity index (χ3v) is 4.92. The number of aryl methyl sites for hydroxylation is 1. The van der Waals surface area contributed by atoms with E-state index in [0.717, 1.165) is 0 Å². The van der Waals surface area contributed by atoms with Gasteiger partial charge in [-0.25, -0.2) is 8.42 Å². The smallest absolute Gasteiger partial charge is 0.262 e. The van der Waals surface area contributed by atoms with Gasteiger partial charge >= 0.3 is 0 Å². The maximum absolute atomic E-state index is 12.5. The van der Waals surface area contributed by atoms with Gasteiger partial charge in [0.2, 0.25) is 0 Å². The number of sulfonamides is 1. The molecule has 8 heteroatoms. The topological polar surface area (TPSA) is 93.7 Å². The van der Waals surface area contributed by atoms with Crippen molar-refractivity contribution < 1.29 is 22.7 Å². The molecule has 1 heterocycles. The van der Waals surface area contributed by atoms with Gasteiger partial charge in [0.1, 0.15) is 11.5 Å². The average molecular weight is 348 g/mol. The van der Waals surface area contributed by atoms with Crippen LogP contribution in [0.2, 0.25) is 0 Å². The number of fused-ring (bicyclic) bond motifs is 1. The normalized spacial score (nSPS) is 13.5. The number of methoxy groups -OCH3 is 1. The van der Waals surface area contributed by atoms with Gasteiger partial charge in [-0.2, -0.15) is 0 Å². The fraction of sp³-hybridized carbons (Fsp3) is 0.188. The molecule has 0 radical (unpaired) electrons. The molecule has 3 rings (SSSR count). The number of anilines is 2. The summed E-state index contributed by atoms with van der Waals surface area (Å²) < 4.78 is 37.9. The van der Waals surface area contributed by atoms with Crippen molar-refractivity contribution in [1.82, 2.24) is 0 Å². The van der Waals surface area contributed by atoms with Crippen molar-refractivity contribution in [3.05, 3.63) is 42.0 Å². The number of ether oxygens (including phenoxy) is 2. The van der Waals surface area contributed by atoms with Gasteiger partial charge in [0, 0.05) is 0 Å². The van der Waals surface area contributed by atoms with Crippen LogP contribution in [0, 0.1) is 6.92 Å². The molecule has 0 aliphatic carbocycles. The van der Waals surface area contributed by atoms with Gasteiger partial charge in [0.15, 0.2) is 6.61 Å². The van der Waals surface area contributed by atoms with Crippen LogP contribution in [-0.4, -0.2) is 28.0 Å². The Hall–Kier alpha value is -2.74. The molecular formula is C16H16N2O5S. The van der Waals surface area contributed by atoms with Gasteiger partial charge < -0.3 is 14.8 Å². The number of rotatable bonds is 4. The molecular weight excluding hydrogens is 332 g/mol. The summed E-state index contributed by atoms with van der Waals surface area (Å²) in [7, 11) is -2.23. The summed E-state index contributed by atoms with van der Waals surface area (Å²) in [5.74, 6) is 0.828. The summed E-state index contributed by atoms with van der Waals surface area (Å²) in [4.78, 5) is 11.5. The molecule has 0 atom stereocenters. The lowest BCUT2D eigenvalue weighted by atomic mass is 10.2. The van der Waals surface area contributed by atoms with Gasteiger partial charge in [0.05, 0.1) is 23.4 Å². The molecule has 2 aromatic carbocycles. The van der Waals surface area contributed by atoms with Crippen LogP contribution in [0.1, 0.15) is 5.56 Å². The Morgan fingerprint density at radius 3 is 2.71 bits per heavy atom. The zero-order chi connectivity index (χ0) is 17.3. The van der Waals surface area contributed by atoms with E-state index in [9.17, 15) is 13.2 Å². The van der Waals surface area contributed by atoms with Crippen LogP contribution in [0.15, 0.2) is 41.3 Å². The van der Waals surface area contributed by atoms with E-state index in [0.29, 0.717) is 28.4 Å². The lowest BCUT2D eigenvalue weighted by molar-refractivity contribution is -0.118. The van der Waals surface area contributed by atoms with E-state index in [2.05, 4.69) is 10.0 Å². The molecule has 0 fully saturated rings. The number of amides is 1. The van der Waals surface area contributed by atoms with Crippen LogP contribution in [0.3, 0.4) is 0 Å². The first-order chi connectivity index (χ1) is 11.4. The van der Waals surface area contributed by atoms with E-state index in [1.54, 1.807) is 25.1 Å². The summed E-state index contributed by atoms with van der Waals surface area (Å²) in [6.45, 7) is 1.72. The van der Waals surface area contributed by atoms with E-state index in [1.165, 1.54) is 25.3 Å². The molecule has 2 N–H and O–H groups in total. The van der Waals surface area contributed by atoms with Crippen molar-refractivity contribution >= 4 is 27.3 Å². The SMILES string of the molecule is COc1ccc(S(=O)(=O)Nc2ccc3c(c2)NC(=O)CO3)cc1C. The third-order valence-electron chi connectivity index (χ3n) is 3.54. The van der Waals surface area contributed by atoms with Gasteiger partial charge in [0.25, 0.3) is 15.9 Å². The fourth-order valence-electron chi connectivity index (χ4n) is 2.38. The largest absolute Gasteiger partial charge is 0.496 e. The number of hydrogen-bond acceptors (Lipinski definition) is 5. The molecule has 2 aromatic rings.